The van der Waals surface area contributed by atoms with E-state index in [2.05, 4.69) is 0 Å². The van der Waals surface area contributed by atoms with Crippen LogP contribution in [0.2, 0.25) is 0 Å². The van der Waals surface area contributed by atoms with Gasteiger partial charge in [0.05, 0.1) is 12.1 Å². The van der Waals surface area contributed by atoms with Gasteiger partial charge >= 0.3 is 5.97 Å². The number of hydrogen-bond acceptors (Lipinski definition) is 3. The van der Waals surface area contributed by atoms with Crippen LogP contribution in [0.15, 0.2) is 47.4 Å². The molecular formula is C18H21NO4. The zero-order valence-corrected chi connectivity index (χ0v) is 13.4. The summed E-state index contributed by atoms with van der Waals surface area (Å²) in [6.07, 6.45) is 2.32. The minimum atomic E-state index is -0.860. The summed E-state index contributed by atoms with van der Waals surface area (Å²) in [6.45, 7) is 4.01. The molecule has 1 aromatic carbocycles. The zero-order valence-electron chi connectivity index (χ0n) is 13.4. The van der Waals surface area contributed by atoms with Gasteiger partial charge in [-0.1, -0.05) is 37.3 Å². The Labute approximate surface area is 135 Å². The highest BCUT2D eigenvalue weighted by atomic mass is 16.5. The van der Waals surface area contributed by atoms with Gasteiger partial charge in [-0.05, 0) is 18.9 Å². The number of aliphatic carboxylic acids is 1. The third-order valence-corrected chi connectivity index (χ3v) is 3.83. The fraction of sp³-hybridized carbons (Fsp3) is 0.333. The molecule has 0 saturated heterocycles. The van der Waals surface area contributed by atoms with Crippen LogP contribution in [0, 0.1) is 6.92 Å². The van der Waals surface area contributed by atoms with Crippen molar-refractivity contribution in [3.05, 3.63) is 64.1 Å². The van der Waals surface area contributed by atoms with Gasteiger partial charge in [0, 0.05) is 18.3 Å². The number of hydrogen-bond donors (Lipinski definition) is 1. The molecule has 1 unspecified atom stereocenters. The fourth-order valence-corrected chi connectivity index (χ4v) is 2.57. The van der Waals surface area contributed by atoms with Crippen molar-refractivity contribution in [2.45, 2.75) is 39.3 Å². The first-order valence-corrected chi connectivity index (χ1v) is 7.63. The predicted octanol–water partition coefficient (Wildman–Crippen LogP) is 3.16. The Balaban J connectivity index is 2.27. The van der Waals surface area contributed by atoms with Crippen LogP contribution in [0.3, 0.4) is 0 Å². The zero-order chi connectivity index (χ0) is 16.8. The average molecular weight is 315 g/mol. The van der Waals surface area contributed by atoms with E-state index >= 15 is 0 Å². The van der Waals surface area contributed by atoms with Gasteiger partial charge < -0.3 is 14.4 Å². The number of aromatic nitrogens is 1. The van der Waals surface area contributed by atoms with E-state index in [0.29, 0.717) is 18.7 Å². The summed E-state index contributed by atoms with van der Waals surface area (Å²) in [5, 5.41) is 9.04. The standard InChI is InChI=1S/C18H21NO4/c1-3-15(11-17(21)22)19-10-9-16(20)18(13(19)2)23-12-14-7-5-4-6-8-14/h4-10,15H,3,11-12H2,1-2H3,(H,21,22). The molecule has 1 heterocycles. The van der Waals surface area contributed by atoms with Crippen molar-refractivity contribution in [2.75, 3.05) is 0 Å². The highest BCUT2D eigenvalue weighted by molar-refractivity contribution is 5.67. The van der Waals surface area contributed by atoms with E-state index < -0.39 is 5.97 Å². The summed E-state index contributed by atoms with van der Waals surface area (Å²) >= 11 is 0. The van der Waals surface area contributed by atoms with E-state index in [9.17, 15) is 9.59 Å². The monoisotopic (exact) mass is 315 g/mol. The number of ether oxygens (including phenoxy) is 1. The quantitative estimate of drug-likeness (QED) is 0.852. The number of carbonyl (C=O) groups is 1. The van der Waals surface area contributed by atoms with Gasteiger partial charge in [-0.2, -0.15) is 0 Å². The highest BCUT2D eigenvalue weighted by Crippen LogP contribution is 2.22. The van der Waals surface area contributed by atoms with Crippen molar-refractivity contribution >= 4 is 5.97 Å². The van der Waals surface area contributed by atoms with Crippen molar-refractivity contribution < 1.29 is 14.6 Å². The van der Waals surface area contributed by atoms with Crippen LogP contribution >= 0.6 is 0 Å². The van der Waals surface area contributed by atoms with Crippen LogP contribution in [0.5, 0.6) is 5.75 Å². The molecule has 0 spiro atoms. The van der Waals surface area contributed by atoms with Gasteiger partial charge in [0.15, 0.2) is 5.75 Å². The topological polar surface area (TPSA) is 68.5 Å². The molecule has 0 bridgehead atoms. The fourth-order valence-electron chi connectivity index (χ4n) is 2.57. The Bertz CT molecular complexity index is 722. The normalized spacial score (nSPS) is 11.9. The molecule has 2 rings (SSSR count). The molecule has 0 aliphatic heterocycles. The number of nitrogens with zero attached hydrogens (tertiary/aromatic N) is 1. The second-order valence-corrected chi connectivity index (χ2v) is 5.44. The van der Waals surface area contributed by atoms with Crippen LogP contribution in [0.25, 0.3) is 0 Å². The summed E-state index contributed by atoms with van der Waals surface area (Å²) in [6, 6.07) is 10.8. The molecule has 2 aromatic rings. The third kappa shape index (κ3) is 4.22. The minimum Gasteiger partial charge on any atom is -0.483 e. The van der Waals surface area contributed by atoms with Crippen LogP contribution in [-0.2, 0) is 11.4 Å². The maximum absolute atomic E-state index is 12.1. The molecule has 0 aliphatic rings. The molecule has 1 atom stereocenters. The number of rotatable bonds is 7. The van der Waals surface area contributed by atoms with Gasteiger partial charge in [-0.15, -0.1) is 0 Å². The highest BCUT2D eigenvalue weighted by Gasteiger charge is 2.17. The molecule has 5 nitrogen and oxygen atoms in total. The largest absolute Gasteiger partial charge is 0.483 e. The minimum absolute atomic E-state index is 0.0122. The lowest BCUT2D eigenvalue weighted by Gasteiger charge is -2.21. The maximum Gasteiger partial charge on any atom is 0.305 e. The first-order chi connectivity index (χ1) is 11.0. The lowest BCUT2D eigenvalue weighted by atomic mass is 10.1. The van der Waals surface area contributed by atoms with Crippen LogP contribution < -0.4 is 10.2 Å². The molecule has 0 radical (unpaired) electrons. The molecule has 0 fully saturated rings. The Kier molecular flexibility index (Phi) is 5.57. The van der Waals surface area contributed by atoms with E-state index in [0.717, 1.165) is 5.56 Å². The summed E-state index contributed by atoms with van der Waals surface area (Å²) in [4.78, 5) is 23.1. The van der Waals surface area contributed by atoms with Crippen molar-refractivity contribution in [3.8, 4) is 5.75 Å². The van der Waals surface area contributed by atoms with Crippen molar-refractivity contribution in [1.29, 1.82) is 0 Å². The van der Waals surface area contributed by atoms with E-state index in [1.165, 1.54) is 6.07 Å². The van der Waals surface area contributed by atoms with E-state index in [-0.39, 0.29) is 23.6 Å². The third-order valence-electron chi connectivity index (χ3n) is 3.83. The lowest BCUT2D eigenvalue weighted by Crippen LogP contribution is -2.20. The summed E-state index contributed by atoms with van der Waals surface area (Å²) in [5.41, 5.74) is 1.43. The van der Waals surface area contributed by atoms with Gasteiger partial charge in [-0.3, -0.25) is 9.59 Å². The SMILES string of the molecule is CCC(CC(=O)O)n1ccc(=O)c(OCc2ccccc2)c1C. The summed E-state index contributed by atoms with van der Waals surface area (Å²) in [5.74, 6) is -0.582. The van der Waals surface area contributed by atoms with Crippen LogP contribution in [-0.4, -0.2) is 15.6 Å². The summed E-state index contributed by atoms with van der Waals surface area (Å²) in [7, 11) is 0. The van der Waals surface area contributed by atoms with Gasteiger partial charge in [-0.25, -0.2) is 0 Å². The number of pyridine rings is 1. The van der Waals surface area contributed by atoms with E-state index in [1.807, 2.05) is 41.8 Å². The number of carboxylic acid groups (broad SMARTS) is 1. The molecular weight excluding hydrogens is 294 g/mol. The summed E-state index contributed by atoms with van der Waals surface area (Å²) < 4.78 is 7.53. The second kappa shape index (κ2) is 7.63. The maximum atomic E-state index is 12.1. The predicted molar refractivity (Wildman–Crippen MR) is 87.8 cm³/mol. The Morgan fingerprint density at radius 3 is 2.57 bits per heavy atom. The molecule has 0 saturated carbocycles. The number of carboxylic acids is 1. The Hall–Kier alpha value is -2.56. The van der Waals surface area contributed by atoms with Crippen molar-refractivity contribution in [2.24, 2.45) is 0 Å². The molecule has 1 aromatic heterocycles. The average Bonchev–Trinajstić information content (AvgIpc) is 2.54. The second-order valence-electron chi connectivity index (χ2n) is 5.44. The molecule has 1 N–H and O–H groups in total. The van der Waals surface area contributed by atoms with Crippen molar-refractivity contribution in [1.82, 2.24) is 4.57 Å². The molecule has 23 heavy (non-hydrogen) atoms. The van der Waals surface area contributed by atoms with Crippen LogP contribution in [0.1, 0.15) is 37.1 Å². The molecule has 122 valence electrons. The van der Waals surface area contributed by atoms with E-state index in [4.69, 9.17) is 9.84 Å². The van der Waals surface area contributed by atoms with Crippen molar-refractivity contribution in [3.63, 3.8) is 0 Å². The molecule has 0 aliphatic carbocycles. The van der Waals surface area contributed by atoms with Gasteiger partial charge in [0.1, 0.15) is 6.61 Å². The Morgan fingerprint density at radius 1 is 1.26 bits per heavy atom. The van der Waals surface area contributed by atoms with Crippen LogP contribution in [0.4, 0.5) is 0 Å². The smallest absolute Gasteiger partial charge is 0.305 e. The Morgan fingerprint density at radius 2 is 1.96 bits per heavy atom. The van der Waals surface area contributed by atoms with Gasteiger partial charge in [0.25, 0.3) is 0 Å². The first kappa shape index (κ1) is 16.8. The molecule has 5 heteroatoms. The van der Waals surface area contributed by atoms with Gasteiger partial charge in [0.2, 0.25) is 5.43 Å². The molecule has 0 amide bonds. The first-order valence-electron chi connectivity index (χ1n) is 7.63. The number of benzene rings is 1. The van der Waals surface area contributed by atoms with E-state index in [1.54, 1.807) is 13.1 Å². The lowest BCUT2D eigenvalue weighted by molar-refractivity contribution is -0.137.